The van der Waals surface area contributed by atoms with Crippen LogP contribution in [-0.2, 0) is 16.0 Å². The van der Waals surface area contributed by atoms with Crippen molar-refractivity contribution in [2.75, 3.05) is 39.5 Å². The van der Waals surface area contributed by atoms with Gasteiger partial charge in [0.25, 0.3) is 0 Å². The smallest absolute Gasteiger partial charge is 0.338 e. The summed E-state index contributed by atoms with van der Waals surface area (Å²) in [4.78, 5) is 25.4. The second kappa shape index (κ2) is 16.2. The second-order valence-corrected chi connectivity index (χ2v) is 11.5. The van der Waals surface area contributed by atoms with Crippen molar-refractivity contribution in [1.82, 2.24) is 9.88 Å². The average Bonchev–Trinajstić information content (AvgIpc) is 3.61. The topological polar surface area (TPSA) is 84.2 Å². The van der Waals surface area contributed by atoms with E-state index in [-0.39, 0.29) is 5.57 Å². The maximum Gasteiger partial charge on any atom is 0.338 e. The number of allylic oxidation sites excluding steroid dienone is 2. The van der Waals surface area contributed by atoms with Gasteiger partial charge in [-0.25, -0.2) is 9.78 Å². The lowest BCUT2D eigenvalue weighted by molar-refractivity contribution is -0.130. The zero-order chi connectivity index (χ0) is 28.9. The monoisotopic (exact) mass is 581 g/mol. The molecule has 0 amide bonds. The SMILES string of the molecule is C=N/C=C(\C=C(\C(=O)O)c1nc(-c2cccc(OCCOCCN(CC)CC)c2)c(CC(C)C)s1)c1cccs1. The Kier molecular flexibility index (Phi) is 12.7. The predicted octanol–water partition coefficient (Wildman–Crippen LogP) is 7.02. The third-order valence-electron chi connectivity index (χ3n) is 6.14. The van der Waals surface area contributed by atoms with Crippen LogP contribution in [0.5, 0.6) is 5.75 Å². The lowest BCUT2D eigenvalue weighted by atomic mass is 10.0. The molecule has 1 N–H and O–H groups in total. The number of ether oxygens (including phenoxy) is 2. The molecule has 3 rings (SSSR count). The van der Waals surface area contributed by atoms with Gasteiger partial charge in [0.2, 0.25) is 0 Å². The van der Waals surface area contributed by atoms with E-state index in [1.165, 1.54) is 22.7 Å². The molecule has 2 aromatic heterocycles. The van der Waals surface area contributed by atoms with Gasteiger partial charge in [-0.3, -0.25) is 4.99 Å². The standard InChI is InChI=1S/C31H39N3O4S2/c1-6-34(7-2)13-14-37-15-16-38-25-11-8-10-23(19-25)29-28(18-22(3)4)40-30(33-29)26(31(35)36)20-24(21-32-5)27-12-9-17-39-27/h8-12,17,19-22H,5-7,13-16,18H2,1-4H3,(H,35,36)/b24-21+,26-20+. The summed E-state index contributed by atoms with van der Waals surface area (Å²) in [6.07, 6.45) is 3.99. The van der Waals surface area contributed by atoms with Crippen LogP contribution < -0.4 is 4.74 Å². The van der Waals surface area contributed by atoms with Crippen molar-refractivity contribution < 1.29 is 19.4 Å². The number of hydrogen-bond acceptors (Lipinski definition) is 8. The molecule has 0 saturated carbocycles. The molecule has 9 heteroatoms. The van der Waals surface area contributed by atoms with Crippen LogP contribution in [0, 0.1) is 5.92 Å². The van der Waals surface area contributed by atoms with E-state index in [4.69, 9.17) is 14.5 Å². The number of carboxylic acid groups (broad SMARTS) is 1. The molecule has 7 nitrogen and oxygen atoms in total. The Bertz CT molecular complexity index is 1290. The number of benzene rings is 1. The summed E-state index contributed by atoms with van der Waals surface area (Å²) in [6, 6.07) is 11.6. The van der Waals surface area contributed by atoms with Crippen LogP contribution in [0.3, 0.4) is 0 Å². The van der Waals surface area contributed by atoms with Gasteiger partial charge in [0.15, 0.2) is 0 Å². The Morgan fingerprint density at radius 2 is 1.98 bits per heavy atom. The number of likely N-dealkylation sites (N-methyl/N-ethyl adjacent to an activating group) is 1. The molecule has 0 unspecified atom stereocenters. The number of hydrogen-bond donors (Lipinski definition) is 1. The number of aliphatic imine (C=N–C) groups is 1. The molecule has 0 saturated heterocycles. The summed E-state index contributed by atoms with van der Waals surface area (Å²) in [5.74, 6) is 0.0635. The van der Waals surface area contributed by atoms with Crippen LogP contribution in [0.1, 0.15) is 42.5 Å². The Labute approximate surface area is 245 Å². The van der Waals surface area contributed by atoms with Gasteiger partial charge in [0, 0.05) is 33.6 Å². The lowest BCUT2D eigenvalue weighted by Crippen LogP contribution is -2.27. The largest absolute Gasteiger partial charge is 0.491 e. The van der Waals surface area contributed by atoms with Crippen molar-refractivity contribution in [1.29, 1.82) is 0 Å². The molecule has 0 atom stereocenters. The van der Waals surface area contributed by atoms with Crippen LogP contribution in [0.15, 0.2) is 59.0 Å². The lowest BCUT2D eigenvalue weighted by Gasteiger charge is -2.17. The highest BCUT2D eigenvalue weighted by molar-refractivity contribution is 7.13. The van der Waals surface area contributed by atoms with E-state index in [1.807, 2.05) is 41.8 Å². The molecule has 0 aliphatic carbocycles. The molecule has 0 fully saturated rings. The van der Waals surface area contributed by atoms with E-state index in [2.05, 4.69) is 44.3 Å². The molecular weight excluding hydrogens is 542 g/mol. The third-order valence-corrected chi connectivity index (χ3v) is 8.17. The third kappa shape index (κ3) is 9.23. The van der Waals surface area contributed by atoms with E-state index in [0.29, 0.717) is 36.3 Å². The molecule has 1 aromatic carbocycles. The van der Waals surface area contributed by atoms with Gasteiger partial charge < -0.3 is 19.5 Å². The fourth-order valence-corrected chi connectivity index (χ4v) is 6.08. The van der Waals surface area contributed by atoms with Crippen molar-refractivity contribution in [2.45, 2.75) is 34.1 Å². The number of aromatic nitrogens is 1. The van der Waals surface area contributed by atoms with E-state index in [9.17, 15) is 9.90 Å². The summed E-state index contributed by atoms with van der Waals surface area (Å²) >= 11 is 2.93. The molecule has 0 radical (unpaired) electrons. The summed E-state index contributed by atoms with van der Waals surface area (Å²) in [5, 5.41) is 12.5. The molecule has 40 heavy (non-hydrogen) atoms. The Morgan fingerprint density at radius 3 is 2.62 bits per heavy atom. The Hall–Kier alpha value is -3.11. The first-order chi connectivity index (χ1) is 19.4. The van der Waals surface area contributed by atoms with E-state index >= 15 is 0 Å². The molecule has 0 bridgehead atoms. The zero-order valence-corrected chi connectivity index (χ0v) is 25.4. The summed E-state index contributed by atoms with van der Waals surface area (Å²) < 4.78 is 11.7. The molecule has 0 spiro atoms. The fraction of sp³-hybridized carbons (Fsp3) is 0.387. The van der Waals surface area contributed by atoms with Crippen molar-refractivity contribution in [3.8, 4) is 17.0 Å². The van der Waals surface area contributed by atoms with Gasteiger partial charge in [0.05, 0.1) is 24.5 Å². The van der Waals surface area contributed by atoms with Crippen molar-refractivity contribution >= 4 is 46.5 Å². The minimum absolute atomic E-state index is 0.124. The number of carbonyl (C=O) groups is 1. The molecule has 0 aliphatic heterocycles. The van der Waals surface area contributed by atoms with Crippen LogP contribution in [0.25, 0.3) is 22.4 Å². The van der Waals surface area contributed by atoms with Gasteiger partial charge in [-0.05, 0) is 61.8 Å². The highest BCUT2D eigenvalue weighted by Gasteiger charge is 2.21. The van der Waals surface area contributed by atoms with Gasteiger partial charge in [0.1, 0.15) is 17.4 Å². The van der Waals surface area contributed by atoms with E-state index < -0.39 is 5.97 Å². The number of thiophene rings is 1. The number of aliphatic carboxylic acids is 1. The maximum atomic E-state index is 12.4. The van der Waals surface area contributed by atoms with Crippen LogP contribution in [0.4, 0.5) is 0 Å². The molecular formula is C31H39N3O4S2. The van der Waals surface area contributed by atoms with Crippen molar-refractivity contribution in [3.05, 3.63) is 68.8 Å². The number of nitrogens with zero attached hydrogens (tertiary/aromatic N) is 3. The van der Waals surface area contributed by atoms with E-state index in [1.54, 1.807) is 12.3 Å². The van der Waals surface area contributed by atoms with E-state index in [0.717, 1.165) is 52.8 Å². The molecule has 3 aromatic rings. The summed E-state index contributed by atoms with van der Waals surface area (Å²) in [7, 11) is 0. The second-order valence-electron chi connectivity index (χ2n) is 9.51. The maximum absolute atomic E-state index is 12.4. The van der Waals surface area contributed by atoms with Crippen LogP contribution in [0.2, 0.25) is 0 Å². The van der Waals surface area contributed by atoms with Gasteiger partial charge in [-0.15, -0.1) is 22.7 Å². The first-order valence-electron chi connectivity index (χ1n) is 13.5. The normalized spacial score (nSPS) is 12.3. The van der Waals surface area contributed by atoms with Gasteiger partial charge in [-0.1, -0.05) is 45.9 Å². The van der Waals surface area contributed by atoms with Crippen LogP contribution in [-0.4, -0.2) is 67.1 Å². The molecule has 2 heterocycles. The number of thiazole rings is 1. The minimum Gasteiger partial charge on any atom is -0.491 e. The quantitative estimate of drug-likeness (QED) is 0.0798. The van der Waals surface area contributed by atoms with Crippen molar-refractivity contribution in [2.24, 2.45) is 10.9 Å². The summed E-state index contributed by atoms with van der Waals surface area (Å²) in [6.45, 7) is 16.7. The first-order valence-corrected chi connectivity index (χ1v) is 15.2. The minimum atomic E-state index is -1.04. The highest BCUT2D eigenvalue weighted by Crippen LogP contribution is 2.36. The number of carboxylic acids is 1. The van der Waals surface area contributed by atoms with Gasteiger partial charge >= 0.3 is 5.97 Å². The van der Waals surface area contributed by atoms with Gasteiger partial charge in [-0.2, -0.15) is 0 Å². The van der Waals surface area contributed by atoms with Crippen molar-refractivity contribution in [3.63, 3.8) is 0 Å². The predicted molar refractivity (Wildman–Crippen MR) is 168 cm³/mol. The molecule has 0 aliphatic rings. The fourth-order valence-electron chi connectivity index (χ4n) is 4.07. The van der Waals surface area contributed by atoms with Crippen LogP contribution >= 0.6 is 22.7 Å². The molecule has 214 valence electrons. The Morgan fingerprint density at radius 1 is 1.18 bits per heavy atom. The summed E-state index contributed by atoms with van der Waals surface area (Å²) in [5.41, 5.74) is 2.48. The zero-order valence-electron chi connectivity index (χ0n) is 23.8. The first kappa shape index (κ1) is 31.4. The average molecular weight is 582 g/mol. The highest BCUT2D eigenvalue weighted by atomic mass is 32.1. The number of rotatable bonds is 17. The Balaban J connectivity index is 1.83.